The van der Waals surface area contributed by atoms with Gasteiger partial charge in [0.2, 0.25) is 0 Å². The van der Waals surface area contributed by atoms with Gasteiger partial charge in [-0.1, -0.05) is 13.0 Å². The van der Waals surface area contributed by atoms with Gasteiger partial charge in [-0.2, -0.15) is 0 Å². The van der Waals surface area contributed by atoms with Crippen LogP contribution in [0.4, 0.5) is 5.82 Å². The quantitative estimate of drug-likeness (QED) is 0.610. The smallest absolute Gasteiger partial charge is 0.143 e. The zero-order valence-electron chi connectivity index (χ0n) is 9.72. The van der Waals surface area contributed by atoms with Gasteiger partial charge in [-0.15, -0.1) is 0 Å². The first-order valence-corrected chi connectivity index (χ1v) is 5.55. The maximum atomic E-state index is 5.38. The van der Waals surface area contributed by atoms with Crippen molar-refractivity contribution in [3.05, 3.63) is 47.7 Å². The van der Waals surface area contributed by atoms with Gasteiger partial charge in [-0.05, 0) is 18.6 Å². The van der Waals surface area contributed by atoms with Crippen LogP contribution in [0.15, 0.2) is 30.5 Å². The predicted molar refractivity (Wildman–Crippen MR) is 66.3 cm³/mol. The molecule has 0 aromatic carbocycles. The van der Waals surface area contributed by atoms with E-state index in [-0.39, 0.29) is 0 Å². The van der Waals surface area contributed by atoms with Crippen molar-refractivity contribution in [1.82, 2.24) is 15.0 Å². The predicted octanol–water partition coefficient (Wildman–Crippen LogP) is 1.31. The molecule has 0 aliphatic heterocycles. The number of rotatable bonds is 4. The highest BCUT2D eigenvalue weighted by atomic mass is 15.3. The topological polar surface area (TPSA) is 76.7 Å². The summed E-state index contributed by atoms with van der Waals surface area (Å²) in [4.78, 5) is 13.0. The van der Waals surface area contributed by atoms with Crippen LogP contribution in [-0.2, 0) is 12.8 Å². The largest absolute Gasteiger partial charge is 0.308 e. The Morgan fingerprint density at radius 2 is 2.12 bits per heavy atom. The molecule has 2 aromatic rings. The molecule has 88 valence electrons. The first-order chi connectivity index (χ1) is 8.31. The molecule has 17 heavy (non-hydrogen) atoms. The SMILES string of the molecule is CCc1cc(NN)nc(Cc2ccccn2)n1. The van der Waals surface area contributed by atoms with E-state index in [1.165, 1.54) is 0 Å². The van der Waals surface area contributed by atoms with Crippen molar-refractivity contribution in [2.45, 2.75) is 19.8 Å². The van der Waals surface area contributed by atoms with Crippen molar-refractivity contribution in [1.29, 1.82) is 0 Å². The Morgan fingerprint density at radius 3 is 2.76 bits per heavy atom. The molecule has 0 aliphatic rings. The Bertz CT molecular complexity index is 461. The molecule has 0 spiro atoms. The summed E-state index contributed by atoms with van der Waals surface area (Å²) in [5.74, 6) is 6.75. The average Bonchev–Trinajstić information content (AvgIpc) is 2.39. The Morgan fingerprint density at radius 1 is 1.24 bits per heavy atom. The summed E-state index contributed by atoms with van der Waals surface area (Å²) in [6, 6.07) is 7.65. The van der Waals surface area contributed by atoms with E-state index in [1.54, 1.807) is 6.20 Å². The van der Waals surface area contributed by atoms with Crippen LogP contribution in [-0.4, -0.2) is 15.0 Å². The van der Waals surface area contributed by atoms with Crippen LogP contribution in [0.5, 0.6) is 0 Å². The highest BCUT2D eigenvalue weighted by Gasteiger charge is 2.04. The van der Waals surface area contributed by atoms with E-state index in [2.05, 4.69) is 20.4 Å². The van der Waals surface area contributed by atoms with E-state index in [9.17, 15) is 0 Å². The molecule has 0 unspecified atom stereocenters. The normalized spacial score (nSPS) is 10.2. The third kappa shape index (κ3) is 2.98. The van der Waals surface area contributed by atoms with Crippen LogP contribution in [0.1, 0.15) is 24.1 Å². The third-order valence-electron chi connectivity index (χ3n) is 2.40. The first-order valence-electron chi connectivity index (χ1n) is 5.55. The fourth-order valence-corrected chi connectivity index (χ4v) is 1.55. The van der Waals surface area contributed by atoms with Crippen molar-refractivity contribution in [3.8, 4) is 0 Å². The summed E-state index contributed by atoms with van der Waals surface area (Å²) in [6.07, 6.45) is 3.23. The number of hydrazine groups is 1. The molecule has 2 heterocycles. The maximum Gasteiger partial charge on any atom is 0.143 e. The summed E-state index contributed by atoms with van der Waals surface area (Å²) in [7, 11) is 0. The second-order valence-corrected chi connectivity index (χ2v) is 3.66. The Labute approximate surface area is 100 Å². The van der Waals surface area contributed by atoms with Crippen molar-refractivity contribution in [3.63, 3.8) is 0 Å². The van der Waals surface area contributed by atoms with Gasteiger partial charge in [-0.25, -0.2) is 15.8 Å². The van der Waals surface area contributed by atoms with Crippen LogP contribution in [0, 0.1) is 0 Å². The van der Waals surface area contributed by atoms with Gasteiger partial charge >= 0.3 is 0 Å². The average molecular weight is 229 g/mol. The lowest BCUT2D eigenvalue weighted by Gasteiger charge is -2.06. The van der Waals surface area contributed by atoms with Crippen LogP contribution in [0.2, 0.25) is 0 Å². The van der Waals surface area contributed by atoms with E-state index in [0.29, 0.717) is 12.2 Å². The summed E-state index contributed by atoms with van der Waals surface area (Å²) >= 11 is 0. The monoisotopic (exact) mass is 229 g/mol. The zero-order valence-corrected chi connectivity index (χ0v) is 9.72. The van der Waals surface area contributed by atoms with E-state index in [0.717, 1.165) is 23.6 Å². The zero-order chi connectivity index (χ0) is 12.1. The van der Waals surface area contributed by atoms with E-state index < -0.39 is 0 Å². The van der Waals surface area contributed by atoms with Crippen LogP contribution in [0.25, 0.3) is 0 Å². The number of aromatic nitrogens is 3. The number of anilines is 1. The Kier molecular flexibility index (Phi) is 3.62. The van der Waals surface area contributed by atoms with E-state index in [4.69, 9.17) is 5.84 Å². The minimum absolute atomic E-state index is 0.614. The van der Waals surface area contributed by atoms with Crippen molar-refractivity contribution in [2.24, 2.45) is 5.84 Å². The molecule has 0 bridgehead atoms. The highest BCUT2D eigenvalue weighted by molar-refractivity contribution is 5.35. The molecule has 3 N–H and O–H groups in total. The summed E-state index contributed by atoms with van der Waals surface area (Å²) in [6.45, 7) is 2.05. The van der Waals surface area contributed by atoms with Crippen LogP contribution < -0.4 is 11.3 Å². The number of aryl methyl sites for hydroxylation is 1. The lowest BCUT2D eigenvalue weighted by molar-refractivity contribution is 0.888. The molecule has 0 fully saturated rings. The third-order valence-corrected chi connectivity index (χ3v) is 2.40. The Balaban J connectivity index is 2.26. The first kappa shape index (κ1) is 11.5. The summed E-state index contributed by atoms with van der Waals surface area (Å²) < 4.78 is 0. The molecule has 0 atom stereocenters. The molecule has 0 amide bonds. The lowest BCUT2D eigenvalue weighted by atomic mass is 10.2. The molecule has 0 radical (unpaired) electrons. The molecule has 0 saturated carbocycles. The number of nitrogens with two attached hydrogens (primary N) is 1. The number of hydrogen-bond donors (Lipinski definition) is 2. The number of nitrogens with zero attached hydrogens (tertiary/aromatic N) is 3. The standard InChI is InChI=1S/C12H15N5/c1-2-9-7-12(17-13)16-11(15-9)8-10-5-3-4-6-14-10/h3-7H,2,8,13H2,1H3,(H,15,16,17). The second kappa shape index (κ2) is 5.36. The van der Waals surface area contributed by atoms with E-state index in [1.807, 2.05) is 31.2 Å². The van der Waals surface area contributed by atoms with Crippen molar-refractivity contribution < 1.29 is 0 Å². The number of nitrogens with one attached hydrogen (secondary N) is 1. The van der Waals surface area contributed by atoms with Crippen LogP contribution >= 0.6 is 0 Å². The van der Waals surface area contributed by atoms with Gasteiger partial charge in [0.25, 0.3) is 0 Å². The fourth-order valence-electron chi connectivity index (χ4n) is 1.55. The van der Waals surface area contributed by atoms with E-state index >= 15 is 0 Å². The summed E-state index contributed by atoms with van der Waals surface area (Å²) in [5.41, 5.74) is 4.48. The number of pyridine rings is 1. The van der Waals surface area contributed by atoms with Gasteiger partial charge < -0.3 is 5.43 Å². The molecular formula is C12H15N5. The second-order valence-electron chi connectivity index (χ2n) is 3.66. The van der Waals surface area contributed by atoms with Crippen molar-refractivity contribution in [2.75, 3.05) is 5.43 Å². The fraction of sp³-hybridized carbons (Fsp3) is 0.250. The Hall–Kier alpha value is -2.01. The highest BCUT2D eigenvalue weighted by Crippen LogP contribution is 2.09. The van der Waals surface area contributed by atoms with Gasteiger partial charge in [0, 0.05) is 23.7 Å². The summed E-state index contributed by atoms with van der Waals surface area (Å²) in [5, 5.41) is 0. The number of hydrogen-bond acceptors (Lipinski definition) is 5. The molecule has 0 aliphatic carbocycles. The van der Waals surface area contributed by atoms with Gasteiger partial charge in [0.1, 0.15) is 11.6 Å². The van der Waals surface area contributed by atoms with Crippen LogP contribution in [0.3, 0.4) is 0 Å². The molecule has 0 saturated heterocycles. The minimum atomic E-state index is 0.614. The van der Waals surface area contributed by atoms with Gasteiger partial charge in [0.05, 0.1) is 6.42 Å². The van der Waals surface area contributed by atoms with Gasteiger partial charge in [-0.3, -0.25) is 4.98 Å². The molecule has 5 nitrogen and oxygen atoms in total. The van der Waals surface area contributed by atoms with Crippen molar-refractivity contribution >= 4 is 5.82 Å². The molecular weight excluding hydrogens is 214 g/mol. The number of nitrogen functional groups attached to an aromatic ring is 1. The lowest BCUT2D eigenvalue weighted by Crippen LogP contribution is -2.12. The van der Waals surface area contributed by atoms with Gasteiger partial charge in [0.15, 0.2) is 0 Å². The molecule has 2 aromatic heterocycles. The molecule has 2 rings (SSSR count). The maximum absolute atomic E-state index is 5.38. The molecule has 5 heteroatoms. The minimum Gasteiger partial charge on any atom is -0.308 e.